The van der Waals surface area contributed by atoms with Gasteiger partial charge in [0, 0.05) is 24.1 Å². The van der Waals surface area contributed by atoms with Gasteiger partial charge in [-0.2, -0.15) is 0 Å². The highest BCUT2D eigenvalue weighted by Gasteiger charge is 2.45. The van der Waals surface area contributed by atoms with Gasteiger partial charge in [-0.3, -0.25) is 0 Å². The molecule has 174 valence electrons. The van der Waals surface area contributed by atoms with Crippen LogP contribution in [0.5, 0.6) is 28.7 Å². The molecule has 2 aromatic rings. The number of phenols is 3. The van der Waals surface area contributed by atoms with Crippen molar-refractivity contribution in [3.8, 4) is 28.7 Å². The first-order valence-corrected chi connectivity index (χ1v) is 9.89. The largest absolute Gasteiger partial charge is 0.508 e. The number of fused-ring (bicyclic) bond motifs is 1. The summed E-state index contributed by atoms with van der Waals surface area (Å²) in [5.74, 6) is -0.759. The van der Waals surface area contributed by atoms with Gasteiger partial charge in [0.25, 0.3) is 0 Å². The van der Waals surface area contributed by atoms with Crippen molar-refractivity contribution in [2.24, 2.45) is 0 Å². The summed E-state index contributed by atoms with van der Waals surface area (Å²) in [6.07, 6.45) is -9.59. The fourth-order valence-corrected chi connectivity index (χ4v) is 3.84. The summed E-state index contributed by atoms with van der Waals surface area (Å²) in [5.41, 5.74) is 0.700. The highest BCUT2D eigenvalue weighted by Crippen LogP contribution is 2.43. The zero-order valence-corrected chi connectivity index (χ0v) is 16.6. The van der Waals surface area contributed by atoms with Gasteiger partial charge >= 0.3 is 0 Å². The average molecular weight is 452 g/mol. The number of phenolic OH excluding ortho intramolecular Hbond substituents is 3. The molecule has 2 aromatic carbocycles. The molecule has 0 aromatic heterocycles. The summed E-state index contributed by atoms with van der Waals surface area (Å²) in [5, 5.41) is 79.7. The third-order valence-electron chi connectivity index (χ3n) is 5.59. The molecule has 8 N–H and O–H groups in total. The van der Waals surface area contributed by atoms with E-state index >= 15 is 0 Å². The number of hydrogen-bond acceptors (Lipinski definition) is 11. The first-order chi connectivity index (χ1) is 15.2. The van der Waals surface area contributed by atoms with Crippen molar-refractivity contribution < 1.29 is 55.1 Å². The first kappa shape index (κ1) is 22.4. The van der Waals surface area contributed by atoms with E-state index in [-0.39, 0.29) is 35.2 Å². The summed E-state index contributed by atoms with van der Waals surface area (Å²) in [4.78, 5) is 0. The first-order valence-electron chi connectivity index (χ1n) is 9.89. The van der Waals surface area contributed by atoms with Gasteiger partial charge in [0.2, 0.25) is 6.29 Å². The molecule has 11 nitrogen and oxygen atoms in total. The van der Waals surface area contributed by atoms with Crippen molar-refractivity contribution in [2.45, 2.75) is 49.3 Å². The van der Waals surface area contributed by atoms with Crippen LogP contribution < -0.4 is 9.47 Å². The lowest BCUT2D eigenvalue weighted by Gasteiger charge is -2.39. The van der Waals surface area contributed by atoms with Crippen LogP contribution in [0, 0.1) is 0 Å². The number of aromatic hydroxyl groups is 3. The van der Waals surface area contributed by atoms with Gasteiger partial charge in [0.15, 0.2) is 11.5 Å². The Hall–Kier alpha value is -2.80. The van der Waals surface area contributed by atoms with Crippen LogP contribution in [-0.4, -0.2) is 84.3 Å². The summed E-state index contributed by atoms with van der Waals surface area (Å²) in [6.45, 7) is -0.641. The van der Waals surface area contributed by atoms with Crippen LogP contribution in [-0.2, 0) is 11.2 Å². The van der Waals surface area contributed by atoms with Crippen LogP contribution in [0.15, 0.2) is 30.3 Å². The number of aliphatic hydroxyl groups excluding tert-OH is 5. The molecule has 4 rings (SSSR count). The lowest BCUT2D eigenvalue weighted by Crippen LogP contribution is -2.60. The second-order valence-corrected chi connectivity index (χ2v) is 7.79. The van der Waals surface area contributed by atoms with E-state index in [2.05, 4.69) is 0 Å². The Morgan fingerprint density at radius 2 is 1.66 bits per heavy atom. The van der Waals surface area contributed by atoms with E-state index < -0.39 is 49.5 Å². The van der Waals surface area contributed by atoms with Crippen molar-refractivity contribution in [3.05, 3.63) is 41.5 Å². The Balaban J connectivity index is 1.59. The highest BCUT2D eigenvalue weighted by atomic mass is 16.7. The lowest BCUT2D eigenvalue weighted by molar-refractivity contribution is -0.277. The zero-order chi connectivity index (χ0) is 23.2. The van der Waals surface area contributed by atoms with Crippen LogP contribution in [0.4, 0.5) is 0 Å². The van der Waals surface area contributed by atoms with Crippen LogP contribution >= 0.6 is 0 Å². The van der Waals surface area contributed by atoms with Crippen molar-refractivity contribution in [1.29, 1.82) is 0 Å². The molecule has 0 saturated carbocycles. The van der Waals surface area contributed by atoms with Crippen LogP contribution in [0.2, 0.25) is 0 Å². The SMILES string of the molecule is OC[C@H]1O[C@H](Oc2cc(C3Oc4cc(O)cc(O)c4CC3O)ccc2O)[C@H](O)[C@@H](O)[C@@H]1O. The average Bonchev–Trinajstić information content (AvgIpc) is 2.75. The molecule has 0 amide bonds. The predicted molar refractivity (Wildman–Crippen MR) is 105 cm³/mol. The Morgan fingerprint density at radius 3 is 2.38 bits per heavy atom. The minimum Gasteiger partial charge on any atom is -0.508 e. The molecule has 2 heterocycles. The molecule has 2 unspecified atom stereocenters. The second-order valence-electron chi connectivity index (χ2n) is 7.79. The number of hydrogen-bond donors (Lipinski definition) is 8. The number of ether oxygens (including phenoxy) is 3. The molecule has 1 fully saturated rings. The predicted octanol–water partition coefficient (Wildman–Crippen LogP) is -0.981. The third-order valence-corrected chi connectivity index (χ3v) is 5.59. The molecular weight excluding hydrogens is 428 g/mol. The van der Waals surface area contributed by atoms with Gasteiger partial charge in [-0.05, 0) is 17.7 Å². The Morgan fingerprint density at radius 1 is 0.906 bits per heavy atom. The molecular formula is C21H24O11. The Kier molecular flexibility index (Phi) is 6.03. The second kappa shape index (κ2) is 8.62. The maximum absolute atomic E-state index is 10.6. The van der Waals surface area contributed by atoms with Gasteiger partial charge in [0.05, 0.1) is 12.7 Å². The molecule has 2 aliphatic rings. The van der Waals surface area contributed by atoms with Crippen molar-refractivity contribution in [3.63, 3.8) is 0 Å². The van der Waals surface area contributed by atoms with Crippen molar-refractivity contribution >= 4 is 0 Å². The van der Waals surface area contributed by atoms with Crippen molar-refractivity contribution in [1.82, 2.24) is 0 Å². The van der Waals surface area contributed by atoms with E-state index in [1.54, 1.807) is 0 Å². The van der Waals surface area contributed by atoms with E-state index in [0.29, 0.717) is 11.1 Å². The number of rotatable bonds is 4. The monoisotopic (exact) mass is 452 g/mol. The molecule has 32 heavy (non-hydrogen) atoms. The number of benzene rings is 2. The molecule has 0 radical (unpaired) electrons. The maximum Gasteiger partial charge on any atom is 0.229 e. The van der Waals surface area contributed by atoms with Gasteiger partial charge in [-0.15, -0.1) is 0 Å². The molecule has 7 atom stereocenters. The molecule has 0 spiro atoms. The van der Waals surface area contributed by atoms with Gasteiger partial charge in [0.1, 0.15) is 47.8 Å². The molecule has 1 saturated heterocycles. The summed E-state index contributed by atoms with van der Waals surface area (Å²) in [6, 6.07) is 6.51. The van der Waals surface area contributed by atoms with Crippen LogP contribution in [0.1, 0.15) is 17.2 Å². The lowest BCUT2D eigenvalue weighted by atomic mass is 9.94. The highest BCUT2D eigenvalue weighted by molar-refractivity contribution is 5.52. The van der Waals surface area contributed by atoms with E-state index in [1.807, 2.05) is 0 Å². The topological polar surface area (TPSA) is 190 Å². The van der Waals surface area contributed by atoms with Crippen LogP contribution in [0.25, 0.3) is 0 Å². The quantitative estimate of drug-likeness (QED) is 0.285. The third kappa shape index (κ3) is 4.01. The van der Waals surface area contributed by atoms with E-state index in [1.165, 1.54) is 24.3 Å². The minimum atomic E-state index is -1.68. The van der Waals surface area contributed by atoms with Crippen LogP contribution in [0.3, 0.4) is 0 Å². The maximum atomic E-state index is 10.6. The standard InChI is InChI=1S/C21H24O11/c22-7-16-17(27)18(28)19(29)21(32-16)31-15-3-8(1-2-11(15)24)20-13(26)6-10-12(25)4-9(23)5-14(10)30-20/h1-5,13,16-29H,6-7H2/t13?,16-,17-,18+,19-,20?,21+/m1/s1. The fourth-order valence-electron chi connectivity index (χ4n) is 3.84. The molecule has 0 aliphatic carbocycles. The normalized spacial score (nSPS) is 32.1. The van der Waals surface area contributed by atoms with Gasteiger partial charge < -0.3 is 55.1 Å². The smallest absolute Gasteiger partial charge is 0.229 e. The van der Waals surface area contributed by atoms with E-state index in [4.69, 9.17) is 14.2 Å². The minimum absolute atomic E-state index is 0.0376. The summed E-state index contributed by atoms with van der Waals surface area (Å²) >= 11 is 0. The summed E-state index contributed by atoms with van der Waals surface area (Å²) < 4.78 is 16.6. The van der Waals surface area contributed by atoms with Crippen molar-refractivity contribution in [2.75, 3.05) is 6.61 Å². The van der Waals surface area contributed by atoms with Gasteiger partial charge in [-0.25, -0.2) is 0 Å². The molecule has 11 heteroatoms. The summed E-state index contributed by atoms with van der Waals surface area (Å²) in [7, 11) is 0. The Bertz CT molecular complexity index is 978. The van der Waals surface area contributed by atoms with E-state index in [0.717, 1.165) is 6.07 Å². The molecule has 2 aliphatic heterocycles. The Labute approximate surface area is 181 Å². The molecule has 0 bridgehead atoms. The van der Waals surface area contributed by atoms with E-state index in [9.17, 15) is 40.9 Å². The fraction of sp³-hybridized carbons (Fsp3) is 0.429. The van der Waals surface area contributed by atoms with Gasteiger partial charge in [-0.1, -0.05) is 6.07 Å². The number of aliphatic hydroxyl groups is 5. The zero-order valence-electron chi connectivity index (χ0n) is 16.6.